The Labute approximate surface area is 185 Å². The van der Waals surface area contributed by atoms with Gasteiger partial charge >= 0.3 is 0 Å². The quantitative estimate of drug-likeness (QED) is 0.292. The van der Waals surface area contributed by atoms with Crippen LogP contribution in [0, 0.1) is 0 Å². The summed E-state index contributed by atoms with van der Waals surface area (Å²) in [7, 11) is 0. The first-order chi connectivity index (χ1) is 14.1. The number of fused-ring (bicyclic) bond motifs is 1. The van der Waals surface area contributed by atoms with Crippen LogP contribution in [0.15, 0.2) is 57.5 Å². The topological polar surface area (TPSA) is 48.2 Å². The van der Waals surface area contributed by atoms with Gasteiger partial charge in [0.1, 0.15) is 18.1 Å². The van der Waals surface area contributed by atoms with Gasteiger partial charge < -0.3 is 9.26 Å². The van der Waals surface area contributed by atoms with E-state index in [9.17, 15) is 0 Å². The van der Waals surface area contributed by atoms with Crippen molar-refractivity contribution in [3.8, 4) is 17.1 Å². The van der Waals surface area contributed by atoms with Gasteiger partial charge in [-0.2, -0.15) is 0 Å². The lowest BCUT2D eigenvalue weighted by Gasteiger charge is -2.09. The molecule has 0 aliphatic heterocycles. The Balaban J connectivity index is 1.49. The summed E-state index contributed by atoms with van der Waals surface area (Å²) < 4.78 is 12.7. The molecule has 0 spiro atoms. The fourth-order valence-electron chi connectivity index (χ4n) is 3.35. The van der Waals surface area contributed by atoms with Crippen LogP contribution in [-0.4, -0.2) is 10.1 Å². The smallest absolute Gasteiger partial charge is 0.214 e. The van der Waals surface area contributed by atoms with Crippen LogP contribution in [0.25, 0.3) is 22.2 Å². The van der Waals surface area contributed by atoms with E-state index in [0.717, 1.165) is 39.5 Å². The van der Waals surface area contributed by atoms with Crippen LogP contribution >= 0.6 is 39.1 Å². The van der Waals surface area contributed by atoms with Gasteiger partial charge in [0, 0.05) is 27.4 Å². The minimum absolute atomic E-state index is 0.279. The van der Waals surface area contributed by atoms with E-state index in [2.05, 4.69) is 26.1 Å². The lowest BCUT2D eigenvalue weighted by atomic mass is 10.0. The summed E-state index contributed by atoms with van der Waals surface area (Å²) in [5.74, 6) is 1.76. The molecule has 5 rings (SSSR count). The molecule has 1 aliphatic rings. The van der Waals surface area contributed by atoms with Crippen LogP contribution in [0.2, 0.25) is 10.0 Å². The van der Waals surface area contributed by atoms with Crippen molar-refractivity contribution in [1.29, 1.82) is 0 Å². The van der Waals surface area contributed by atoms with Crippen LogP contribution in [0.4, 0.5) is 0 Å². The Hall–Kier alpha value is -2.08. The van der Waals surface area contributed by atoms with Crippen LogP contribution in [-0.2, 0) is 6.61 Å². The highest BCUT2D eigenvalue weighted by atomic mass is 79.9. The third-order valence-electron chi connectivity index (χ3n) is 4.96. The largest absolute Gasteiger partial charge is 0.473 e. The Kier molecular flexibility index (Phi) is 4.98. The molecule has 0 bridgehead atoms. The van der Waals surface area contributed by atoms with Crippen molar-refractivity contribution in [2.45, 2.75) is 25.4 Å². The zero-order chi connectivity index (χ0) is 20.0. The van der Waals surface area contributed by atoms with Crippen molar-refractivity contribution in [2.24, 2.45) is 0 Å². The number of hydrogen-bond acceptors (Lipinski definition) is 4. The summed E-state index contributed by atoms with van der Waals surface area (Å²) >= 11 is 16.3. The molecule has 1 aliphatic carbocycles. The molecule has 0 atom stereocenters. The first-order valence-electron chi connectivity index (χ1n) is 9.22. The summed E-state index contributed by atoms with van der Waals surface area (Å²) in [5, 5.41) is 6.39. The van der Waals surface area contributed by atoms with Crippen molar-refractivity contribution in [3.05, 3.63) is 74.4 Å². The van der Waals surface area contributed by atoms with Gasteiger partial charge in [0.05, 0.1) is 21.1 Å². The van der Waals surface area contributed by atoms with E-state index in [4.69, 9.17) is 32.5 Å². The van der Waals surface area contributed by atoms with Crippen LogP contribution in [0.1, 0.15) is 30.1 Å². The first kappa shape index (κ1) is 18.9. The van der Waals surface area contributed by atoms with Gasteiger partial charge in [-0.3, -0.25) is 0 Å². The lowest BCUT2D eigenvalue weighted by molar-refractivity contribution is 0.290. The van der Waals surface area contributed by atoms with Gasteiger partial charge in [0.15, 0.2) is 0 Å². The highest BCUT2D eigenvalue weighted by molar-refractivity contribution is 9.10. The van der Waals surface area contributed by atoms with Gasteiger partial charge in [-0.25, -0.2) is 4.98 Å². The minimum Gasteiger partial charge on any atom is -0.473 e. The van der Waals surface area contributed by atoms with Gasteiger partial charge in [-0.05, 0) is 49.2 Å². The number of aromatic nitrogens is 2. The van der Waals surface area contributed by atoms with Crippen molar-refractivity contribution >= 4 is 50.0 Å². The molecule has 1 fully saturated rings. The van der Waals surface area contributed by atoms with Crippen LogP contribution < -0.4 is 4.74 Å². The summed E-state index contributed by atoms with van der Waals surface area (Å²) in [6, 6.07) is 15.2. The van der Waals surface area contributed by atoms with E-state index in [1.54, 1.807) is 12.1 Å². The second-order valence-electron chi connectivity index (χ2n) is 7.02. The van der Waals surface area contributed by atoms with Crippen LogP contribution in [0.3, 0.4) is 0 Å². The number of nitrogens with zero attached hydrogens (tertiary/aromatic N) is 2. The zero-order valence-corrected chi connectivity index (χ0v) is 18.3. The highest BCUT2D eigenvalue weighted by Gasteiger charge is 2.33. The molecule has 2 heterocycles. The first-order valence-corrected chi connectivity index (χ1v) is 10.8. The summed E-state index contributed by atoms with van der Waals surface area (Å²) in [5.41, 5.74) is 3.04. The second kappa shape index (κ2) is 7.63. The number of pyridine rings is 1. The molecular weight excluding hydrogens is 475 g/mol. The molecule has 4 nitrogen and oxygen atoms in total. The molecule has 2 aromatic carbocycles. The van der Waals surface area contributed by atoms with E-state index in [1.807, 2.05) is 36.4 Å². The van der Waals surface area contributed by atoms with Gasteiger partial charge in [-0.15, -0.1) is 0 Å². The monoisotopic (exact) mass is 488 g/mol. The number of hydrogen-bond donors (Lipinski definition) is 0. The zero-order valence-electron chi connectivity index (χ0n) is 15.2. The summed E-state index contributed by atoms with van der Waals surface area (Å²) in [6.45, 7) is 0.279. The molecule has 2 aromatic heterocycles. The fraction of sp³-hybridized carbons (Fsp3) is 0.182. The lowest BCUT2D eigenvalue weighted by Crippen LogP contribution is -2.01. The Morgan fingerprint density at radius 2 is 1.86 bits per heavy atom. The maximum atomic E-state index is 6.41. The predicted molar refractivity (Wildman–Crippen MR) is 118 cm³/mol. The Morgan fingerprint density at radius 1 is 1.07 bits per heavy atom. The van der Waals surface area contributed by atoms with E-state index in [-0.39, 0.29) is 6.61 Å². The minimum atomic E-state index is 0.279. The molecule has 1 saturated carbocycles. The number of benzene rings is 2. The molecule has 0 unspecified atom stereocenters. The average Bonchev–Trinajstić information content (AvgIpc) is 3.47. The maximum Gasteiger partial charge on any atom is 0.214 e. The number of halogens is 3. The third-order valence-corrected chi connectivity index (χ3v) is 6.08. The maximum absolute atomic E-state index is 6.41. The second-order valence-corrected chi connectivity index (χ2v) is 8.75. The molecule has 29 heavy (non-hydrogen) atoms. The van der Waals surface area contributed by atoms with Crippen molar-refractivity contribution in [3.63, 3.8) is 0 Å². The van der Waals surface area contributed by atoms with E-state index in [0.29, 0.717) is 33.1 Å². The molecule has 146 valence electrons. The van der Waals surface area contributed by atoms with Crippen molar-refractivity contribution in [2.75, 3.05) is 0 Å². The highest BCUT2D eigenvalue weighted by Crippen LogP contribution is 2.46. The van der Waals surface area contributed by atoms with Gasteiger partial charge in [0.25, 0.3) is 0 Å². The van der Waals surface area contributed by atoms with Gasteiger partial charge in [-0.1, -0.05) is 50.4 Å². The van der Waals surface area contributed by atoms with E-state index >= 15 is 0 Å². The normalized spacial score (nSPS) is 13.8. The SMILES string of the molecule is Clc1cccc(Cl)c1-c1noc(C2CC2)c1COc1ccc2cc(Br)ccc2n1. The number of ether oxygens (including phenoxy) is 1. The molecule has 4 aromatic rings. The summed E-state index contributed by atoms with van der Waals surface area (Å²) in [4.78, 5) is 4.60. The summed E-state index contributed by atoms with van der Waals surface area (Å²) in [6.07, 6.45) is 2.17. The molecule has 0 amide bonds. The molecule has 0 saturated heterocycles. The van der Waals surface area contributed by atoms with E-state index < -0.39 is 0 Å². The number of rotatable bonds is 5. The average molecular weight is 490 g/mol. The van der Waals surface area contributed by atoms with E-state index in [1.165, 1.54) is 0 Å². The molecule has 0 radical (unpaired) electrons. The standard InChI is InChI=1S/C22H15BrCl2N2O2/c23-14-7-8-18-13(10-14)6-9-19(26-18)28-11-15-21(27-29-22(15)12-4-5-12)20-16(24)2-1-3-17(20)25/h1-3,6-10,12H,4-5,11H2. The van der Waals surface area contributed by atoms with Crippen LogP contribution in [0.5, 0.6) is 5.88 Å². The third kappa shape index (κ3) is 3.75. The Morgan fingerprint density at radius 3 is 2.62 bits per heavy atom. The van der Waals surface area contributed by atoms with Crippen molar-refractivity contribution < 1.29 is 9.26 Å². The molecule has 0 N–H and O–H groups in total. The van der Waals surface area contributed by atoms with Crippen molar-refractivity contribution in [1.82, 2.24) is 10.1 Å². The van der Waals surface area contributed by atoms with Gasteiger partial charge in [0.2, 0.25) is 5.88 Å². The predicted octanol–water partition coefficient (Wildman–Crippen LogP) is 7.42. The molecule has 7 heteroatoms. The fourth-order valence-corrected chi connectivity index (χ4v) is 4.31. The molecular formula is C22H15BrCl2N2O2. The Bertz CT molecular complexity index is 1200.